The first-order valence-corrected chi connectivity index (χ1v) is 10.6. The molecule has 1 atom stereocenters. The molecular weight excluding hydrogens is 298 g/mol. The molecule has 24 heavy (non-hydrogen) atoms. The van der Waals surface area contributed by atoms with Gasteiger partial charge in [0, 0.05) is 0 Å². The molecule has 0 aromatic rings. The number of hydrogen-bond acceptors (Lipinski definition) is 3. The third kappa shape index (κ3) is 17.8. The Labute approximate surface area is 151 Å². The van der Waals surface area contributed by atoms with Crippen molar-refractivity contribution < 1.29 is 9.53 Å². The third-order valence-electron chi connectivity index (χ3n) is 4.61. The Balaban J connectivity index is 3.04. The lowest BCUT2D eigenvalue weighted by molar-refractivity contribution is -0.144. The first kappa shape index (κ1) is 23.4. The fraction of sp³-hybridized carbons (Fsp3) is 0.952. The molecule has 3 heteroatoms. The van der Waals surface area contributed by atoms with Crippen molar-refractivity contribution in [2.75, 3.05) is 6.61 Å². The molecule has 0 aliphatic carbocycles. The van der Waals surface area contributed by atoms with Crippen molar-refractivity contribution in [3.63, 3.8) is 0 Å². The Morgan fingerprint density at radius 3 is 1.38 bits per heavy atom. The first-order valence-electron chi connectivity index (χ1n) is 10.6. The van der Waals surface area contributed by atoms with Crippen molar-refractivity contribution in [2.24, 2.45) is 5.73 Å². The predicted molar refractivity (Wildman–Crippen MR) is 104 cm³/mol. The molecule has 0 bridgehead atoms. The van der Waals surface area contributed by atoms with Crippen molar-refractivity contribution in [1.82, 2.24) is 0 Å². The molecule has 0 fully saturated rings. The molecule has 0 rings (SSSR count). The van der Waals surface area contributed by atoms with E-state index in [1.54, 1.807) is 6.92 Å². The summed E-state index contributed by atoms with van der Waals surface area (Å²) in [6.45, 7) is 4.47. The van der Waals surface area contributed by atoms with Gasteiger partial charge in [-0.3, -0.25) is 4.79 Å². The largest absolute Gasteiger partial charge is 0.465 e. The minimum Gasteiger partial charge on any atom is -0.465 e. The van der Waals surface area contributed by atoms with Gasteiger partial charge in [0.25, 0.3) is 0 Å². The minimum atomic E-state index is -0.494. The van der Waals surface area contributed by atoms with Crippen molar-refractivity contribution in [1.29, 1.82) is 0 Å². The Hall–Kier alpha value is -0.570. The minimum absolute atomic E-state index is 0.282. The number of carbonyl (C=O) groups excluding carboxylic acids is 1. The van der Waals surface area contributed by atoms with Gasteiger partial charge in [0.15, 0.2) is 0 Å². The van der Waals surface area contributed by atoms with Gasteiger partial charge in [-0.1, -0.05) is 103 Å². The molecule has 0 spiro atoms. The lowest BCUT2D eigenvalue weighted by Gasteiger charge is -2.07. The quantitative estimate of drug-likeness (QED) is 0.241. The van der Waals surface area contributed by atoms with Gasteiger partial charge in [-0.05, 0) is 13.3 Å². The van der Waals surface area contributed by atoms with E-state index in [0.29, 0.717) is 6.61 Å². The first-order chi connectivity index (χ1) is 11.7. The predicted octanol–water partition coefficient (Wildman–Crippen LogP) is 6.14. The van der Waals surface area contributed by atoms with Gasteiger partial charge in [0.1, 0.15) is 6.04 Å². The van der Waals surface area contributed by atoms with Gasteiger partial charge in [-0.15, -0.1) is 0 Å². The van der Waals surface area contributed by atoms with Gasteiger partial charge in [0.2, 0.25) is 0 Å². The maximum absolute atomic E-state index is 11.2. The zero-order valence-electron chi connectivity index (χ0n) is 16.5. The lowest BCUT2D eigenvalue weighted by atomic mass is 10.0. The smallest absolute Gasteiger partial charge is 0.322 e. The molecule has 0 saturated carbocycles. The summed E-state index contributed by atoms with van der Waals surface area (Å²) >= 11 is 0. The third-order valence-corrected chi connectivity index (χ3v) is 4.61. The maximum atomic E-state index is 11.2. The van der Waals surface area contributed by atoms with Crippen LogP contribution in [0, 0.1) is 0 Å². The number of hydrogen-bond donors (Lipinski definition) is 1. The van der Waals surface area contributed by atoms with Gasteiger partial charge < -0.3 is 10.5 Å². The molecule has 3 nitrogen and oxygen atoms in total. The van der Waals surface area contributed by atoms with Crippen LogP contribution in [0.5, 0.6) is 0 Å². The van der Waals surface area contributed by atoms with E-state index in [9.17, 15) is 4.79 Å². The fourth-order valence-corrected chi connectivity index (χ4v) is 2.95. The Morgan fingerprint density at radius 1 is 0.708 bits per heavy atom. The molecule has 2 N–H and O–H groups in total. The van der Waals surface area contributed by atoms with E-state index in [4.69, 9.17) is 10.5 Å². The van der Waals surface area contributed by atoms with Crippen LogP contribution in [0.25, 0.3) is 0 Å². The van der Waals surface area contributed by atoms with Crippen LogP contribution in [-0.4, -0.2) is 18.6 Å². The number of nitrogens with two attached hydrogens (primary N) is 1. The van der Waals surface area contributed by atoms with E-state index < -0.39 is 6.04 Å². The van der Waals surface area contributed by atoms with E-state index in [0.717, 1.165) is 12.8 Å². The Morgan fingerprint density at radius 2 is 1.04 bits per heavy atom. The summed E-state index contributed by atoms with van der Waals surface area (Å²) < 4.78 is 5.06. The van der Waals surface area contributed by atoms with Crippen LogP contribution in [0.2, 0.25) is 0 Å². The number of ether oxygens (including phenoxy) is 1. The van der Waals surface area contributed by atoms with E-state index >= 15 is 0 Å². The molecule has 1 unspecified atom stereocenters. The van der Waals surface area contributed by atoms with Gasteiger partial charge in [0.05, 0.1) is 6.61 Å². The summed E-state index contributed by atoms with van der Waals surface area (Å²) in [6.07, 6.45) is 21.7. The monoisotopic (exact) mass is 341 g/mol. The molecule has 0 aromatic carbocycles. The SMILES string of the molecule is CCCCCCCCCCCCCCCCCCOC(=O)C(C)N. The molecule has 0 radical (unpaired) electrons. The second kappa shape index (κ2) is 18.8. The second-order valence-electron chi connectivity index (χ2n) is 7.26. The molecule has 0 amide bonds. The molecule has 0 aliphatic heterocycles. The summed E-state index contributed by atoms with van der Waals surface area (Å²) in [4.78, 5) is 11.2. The topological polar surface area (TPSA) is 52.3 Å². The summed E-state index contributed by atoms with van der Waals surface area (Å²) in [5, 5.41) is 0. The zero-order chi connectivity index (χ0) is 17.9. The highest BCUT2D eigenvalue weighted by atomic mass is 16.5. The maximum Gasteiger partial charge on any atom is 0.322 e. The van der Waals surface area contributed by atoms with Gasteiger partial charge in [-0.25, -0.2) is 0 Å². The number of rotatable bonds is 18. The summed E-state index contributed by atoms with van der Waals surface area (Å²) in [5.74, 6) is -0.282. The van der Waals surface area contributed by atoms with Crippen LogP contribution in [0.3, 0.4) is 0 Å². The van der Waals surface area contributed by atoms with E-state index in [2.05, 4.69) is 6.92 Å². The molecule has 0 aromatic heterocycles. The molecule has 0 saturated heterocycles. The second-order valence-corrected chi connectivity index (χ2v) is 7.26. The molecule has 144 valence electrons. The van der Waals surface area contributed by atoms with E-state index in [-0.39, 0.29) is 5.97 Å². The van der Waals surface area contributed by atoms with Gasteiger partial charge in [-0.2, -0.15) is 0 Å². The van der Waals surface area contributed by atoms with Crippen LogP contribution in [-0.2, 0) is 9.53 Å². The van der Waals surface area contributed by atoms with E-state index in [1.807, 2.05) is 0 Å². The summed E-state index contributed by atoms with van der Waals surface area (Å²) in [7, 11) is 0. The Kier molecular flexibility index (Phi) is 18.3. The number of esters is 1. The highest BCUT2D eigenvalue weighted by molar-refractivity contribution is 5.74. The van der Waals surface area contributed by atoms with Crippen LogP contribution < -0.4 is 5.73 Å². The van der Waals surface area contributed by atoms with Crippen molar-refractivity contribution in [3.8, 4) is 0 Å². The summed E-state index contributed by atoms with van der Waals surface area (Å²) in [6, 6.07) is -0.494. The standard InChI is InChI=1S/C21H43NO2/c1-3-4-5-6-7-8-9-10-11-12-13-14-15-16-17-18-19-24-21(23)20(2)22/h20H,3-19,22H2,1-2H3. The fourth-order valence-electron chi connectivity index (χ4n) is 2.95. The Bertz CT molecular complexity index is 267. The van der Waals surface area contributed by atoms with Crippen molar-refractivity contribution >= 4 is 5.97 Å². The molecule has 0 heterocycles. The zero-order valence-corrected chi connectivity index (χ0v) is 16.5. The van der Waals surface area contributed by atoms with Crippen molar-refractivity contribution in [3.05, 3.63) is 0 Å². The van der Waals surface area contributed by atoms with Crippen molar-refractivity contribution in [2.45, 2.75) is 123 Å². The number of unbranched alkanes of at least 4 members (excludes halogenated alkanes) is 15. The number of carbonyl (C=O) groups is 1. The van der Waals surface area contributed by atoms with Crippen LogP contribution in [0.1, 0.15) is 117 Å². The van der Waals surface area contributed by atoms with Gasteiger partial charge >= 0.3 is 5.97 Å². The molecule has 0 aliphatic rings. The van der Waals surface area contributed by atoms with Crippen LogP contribution in [0.4, 0.5) is 0 Å². The van der Waals surface area contributed by atoms with Crippen LogP contribution >= 0.6 is 0 Å². The average molecular weight is 342 g/mol. The summed E-state index contributed by atoms with van der Waals surface area (Å²) in [5.41, 5.74) is 5.43. The highest BCUT2D eigenvalue weighted by Gasteiger charge is 2.07. The van der Waals surface area contributed by atoms with Crippen LogP contribution in [0.15, 0.2) is 0 Å². The highest BCUT2D eigenvalue weighted by Crippen LogP contribution is 2.13. The average Bonchev–Trinajstić information content (AvgIpc) is 2.57. The normalized spacial score (nSPS) is 12.3. The van der Waals surface area contributed by atoms with E-state index in [1.165, 1.54) is 89.9 Å². The lowest BCUT2D eigenvalue weighted by Crippen LogP contribution is -2.28. The molecular formula is C21H43NO2.